The van der Waals surface area contributed by atoms with E-state index in [0.29, 0.717) is 48.6 Å². The number of hydrogen-bond acceptors (Lipinski definition) is 3. The van der Waals surface area contributed by atoms with Crippen molar-refractivity contribution in [1.29, 1.82) is 0 Å². The van der Waals surface area contributed by atoms with Crippen molar-refractivity contribution in [2.75, 3.05) is 26.2 Å². The standard InChI is InChI=1S/C20H26ClN3O2/c21-16-6-4-13(5-7-16)19(25)23-8-1-9-24(11-10-23)20(26)17-14-2-3-15(12-14)18(17)22/h4-7,14-15,17-18H,1-3,8-12,22H2. The van der Waals surface area contributed by atoms with E-state index in [1.807, 2.05) is 9.80 Å². The molecule has 26 heavy (non-hydrogen) atoms. The molecule has 2 amide bonds. The van der Waals surface area contributed by atoms with Crippen molar-refractivity contribution in [3.63, 3.8) is 0 Å². The summed E-state index contributed by atoms with van der Waals surface area (Å²) in [6.45, 7) is 2.56. The van der Waals surface area contributed by atoms with Crippen LogP contribution >= 0.6 is 11.6 Å². The summed E-state index contributed by atoms with van der Waals surface area (Å²) in [6, 6.07) is 7.01. The fourth-order valence-corrected chi connectivity index (χ4v) is 5.16. The maximum Gasteiger partial charge on any atom is 0.253 e. The predicted octanol–water partition coefficient (Wildman–Crippen LogP) is 2.39. The molecular weight excluding hydrogens is 350 g/mol. The molecule has 2 saturated carbocycles. The molecule has 3 aliphatic rings. The molecule has 1 heterocycles. The number of carbonyl (C=O) groups excluding carboxylic acids is 2. The Morgan fingerprint density at radius 1 is 0.962 bits per heavy atom. The van der Waals surface area contributed by atoms with E-state index in [-0.39, 0.29) is 23.8 Å². The first-order valence-corrected chi connectivity index (χ1v) is 10.0. The molecule has 4 rings (SSSR count). The lowest BCUT2D eigenvalue weighted by molar-refractivity contribution is -0.137. The van der Waals surface area contributed by atoms with Gasteiger partial charge in [-0.05, 0) is 61.8 Å². The molecule has 2 bridgehead atoms. The molecule has 1 aliphatic heterocycles. The lowest BCUT2D eigenvalue weighted by Crippen LogP contribution is -2.48. The smallest absolute Gasteiger partial charge is 0.253 e. The average molecular weight is 376 g/mol. The van der Waals surface area contributed by atoms with Gasteiger partial charge in [0.15, 0.2) is 0 Å². The molecule has 4 atom stereocenters. The number of hydrogen-bond donors (Lipinski definition) is 1. The van der Waals surface area contributed by atoms with Gasteiger partial charge in [-0.1, -0.05) is 11.6 Å². The van der Waals surface area contributed by atoms with Crippen LogP contribution in [0.2, 0.25) is 5.02 Å². The third kappa shape index (κ3) is 3.23. The van der Waals surface area contributed by atoms with Crippen LogP contribution in [0.1, 0.15) is 36.0 Å². The van der Waals surface area contributed by atoms with Crippen molar-refractivity contribution >= 4 is 23.4 Å². The van der Waals surface area contributed by atoms with E-state index >= 15 is 0 Å². The minimum atomic E-state index is -0.00716. The number of halogens is 1. The minimum absolute atomic E-state index is 0.00703. The van der Waals surface area contributed by atoms with Gasteiger partial charge in [-0.15, -0.1) is 0 Å². The molecule has 6 heteroatoms. The Labute approximate surface area is 159 Å². The third-order valence-electron chi connectivity index (χ3n) is 6.45. The van der Waals surface area contributed by atoms with E-state index in [9.17, 15) is 9.59 Å². The molecule has 4 unspecified atom stereocenters. The second-order valence-electron chi connectivity index (χ2n) is 7.91. The van der Waals surface area contributed by atoms with Gasteiger partial charge >= 0.3 is 0 Å². The van der Waals surface area contributed by atoms with E-state index < -0.39 is 0 Å². The van der Waals surface area contributed by atoms with Crippen LogP contribution in [0.4, 0.5) is 0 Å². The topological polar surface area (TPSA) is 66.6 Å². The first-order chi connectivity index (χ1) is 12.5. The molecule has 1 aromatic rings. The van der Waals surface area contributed by atoms with E-state index in [2.05, 4.69) is 0 Å². The molecule has 2 aliphatic carbocycles. The maximum atomic E-state index is 13.1. The van der Waals surface area contributed by atoms with Gasteiger partial charge in [0.1, 0.15) is 0 Å². The Hall–Kier alpha value is -1.59. The Kier molecular flexibility index (Phi) is 4.93. The average Bonchev–Trinajstić information content (AvgIpc) is 3.14. The van der Waals surface area contributed by atoms with E-state index in [4.69, 9.17) is 17.3 Å². The Morgan fingerprint density at radius 2 is 1.62 bits per heavy atom. The summed E-state index contributed by atoms with van der Waals surface area (Å²) in [5.74, 6) is 1.21. The zero-order valence-electron chi connectivity index (χ0n) is 14.9. The number of fused-ring (bicyclic) bond motifs is 2. The summed E-state index contributed by atoms with van der Waals surface area (Å²) in [4.78, 5) is 29.6. The van der Waals surface area contributed by atoms with E-state index in [1.165, 1.54) is 6.42 Å². The van der Waals surface area contributed by atoms with Crippen LogP contribution in [-0.2, 0) is 4.79 Å². The summed E-state index contributed by atoms with van der Waals surface area (Å²) in [5, 5.41) is 0.622. The van der Waals surface area contributed by atoms with Gasteiger partial charge in [-0.2, -0.15) is 0 Å². The largest absolute Gasteiger partial charge is 0.341 e. The predicted molar refractivity (Wildman–Crippen MR) is 101 cm³/mol. The van der Waals surface area contributed by atoms with Crippen molar-refractivity contribution in [3.8, 4) is 0 Å². The number of nitrogens with two attached hydrogens (primary N) is 1. The highest BCUT2D eigenvalue weighted by Crippen LogP contribution is 2.48. The number of nitrogens with zero attached hydrogens (tertiary/aromatic N) is 2. The van der Waals surface area contributed by atoms with E-state index in [1.54, 1.807) is 24.3 Å². The van der Waals surface area contributed by atoms with Gasteiger partial charge in [0.05, 0.1) is 5.92 Å². The van der Waals surface area contributed by atoms with Gasteiger partial charge < -0.3 is 15.5 Å². The third-order valence-corrected chi connectivity index (χ3v) is 6.70. The molecule has 3 fully saturated rings. The van der Waals surface area contributed by atoms with Crippen LogP contribution in [0.25, 0.3) is 0 Å². The number of amides is 2. The zero-order valence-corrected chi connectivity index (χ0v) is 15.7. The lowest BCUT2D eigenvalue weighted by Gasteiger charge is -2.32. The number of benzene rings is 1. The van der Waals surface area contributed by atoms with Crippen molar-refractivity contribution in [3.05, 3.63) is 34.9 Å². The molecule has 2 N–H and O–H groups in total. The van der Waals surface area contributed by atoms with Crippen LogP contribution in [0.5, 0.6) is 0 Å². The second-order valence-corrected chi connectivity index (χ2v) is 8.35. The maximum absolute atomic E-state index is 13.1. The second kappa shape index (κ2) is 7.20. The summed E-state index contributed by atoms with van der Waals surface area (Å²) in [5.41, 5.74) is 6.99. The first kappa shape index (κ1) is 17.8. The lowest BCUT2D eigenvalue weighted by atomic mass is 9.84. The summed E-state index contributed by atoms with van der Waals surface area (Å²) in [7, 11) is 0. The van der Waals surface area contributed by atoms with Crippen LogP contribution in [-0.4, -0.2) is 53.8 Å². The zero-order chi connectivity index (χ0) is 18.3. The van der Waals surface area contributed by atoms with Gasteiger partial charge in [-0.3, -0.25) is 9.59 Å². The van der Waals surface area contributed by atoms with E-state index in [0.717, 1.165) is 19.3 Å². The Bertz CT molecular complexity index is 691. The van der Waals surface area contributed by atoms with Gasteiger partial charge in [0.25, 0.3) is 5.91 Å². The molecule has 0 aromatic heterocycles. The molecular formula is C20H26ClN3O2. The highest BCUT2D eigenvalue weighted by Gasteiger charge is 2.50. The van der Waals surface area contributed by atoms with Crippen molar-refractivity contribution in [2.45, 2.75) is 31.7 Å². The molecule has 0 spiro atoms. The van der Waals surface area contributed by atoms with Crippen LogP contribution in [0.15, 0.2) is 24.3 Å². The molecule has 5 nitrogen and oxygen atoms in total. The quantitative estimate of drug-likeness (QED) is 0.863. The summed E-state index contributed by atoms with van der Waals surface area (Å²) >= 11 is 5.90. The fraction of sp³-hybridized carbons (Fsp3) is 0.600. The summed E-state index contributed by atoms with van der Waals surface area (Å²) in [6.07, 6.45) is 4.25. The fourth-order valence-electron chi connectivity index (χ4n) is 5.03. The van der Waals surface area contributed by atoms with Gasteiger partial charge in [-0.25, -0.2) is 0 Å². The van der Waals surface area contributed by atoms with Crippen molar-refractivity contribution in [2.24, 2.45) is 23.5 Å². The van der Waals surface area contributed by atoms with Crippen LogP contribution in [0.3, 0.4) is 0 Å². The Morgan fingerprint density at radius 3 is 2.31 bits per heavy atom. The minimum Gasteiger partial charge on any atom is -0.341 e. The van der Waals surface area contributed by atoms with Crippen LogP contribution in [0, 0.1) is 17.8 Å². The molecule has 1 saturated heterocycles. The SMILES string of the molecule is NC1C2CCC(C2)C1C(=O)N1CCCN(C(=O)c2ccc(Cl)cc2)CC1. The van der Waals surface area contributed by atoms with Crippen molar-refractivity contribution < 1.29 is 9.59 Å². The molecule has 0 radical (unpaired) electrons. The monoisotopic (exact) mass is 375 g/mol. The highest BCUT2D eigenvalue weighted by atomic mass is 35.5. The summed E-state index contributed by atoms with van der Waals surface area (Å²) < 4.78 is 0. The van der Waals surface area contributed by atoms with Gasteiger partial charge in [0.2, 0.25) is 5.91 Å². The van der Waals surface area contributed by atoms with Crippen LogP contribution < -0.4 is 5.73 Å². The molecule has 140 valence electrons. The molecule has 1 aromatic carbocycles. The van der Waals surface area contributed by atoms with Gasteiger partial charge in [0, 0.05) is 42.8 Å². The number of carbonyl (C=O) groups is 2. The first-order valence-electron chi connectivity index (χ1n) is 9.64. The van der Waals surface area contributed by atoms with Crippen molar-refractivity contribution in [1.82, 2.24) is 9.80 Å². The normalized spacial score (nSPS) is 31.2. The number of rotatable bonds is 2. The highest BCUT2D eigenvalue weighted by molar-refractivity contribution is 6.30. The Balaban J connectivity index is 1.39.